The van der Waals surface area contributed by atoms with Crippen LogP contribution in [0.15, 0.2) is 59.5 Å². The zero-order valence-electron chi connectivity index (χ0n) is 18.7. The molecule has 1 heterocycles. The first kappa shape index (κ1) is 28.3. The number of benzene rings is 2. The van der Waals surface area contributed by atoms with Gasteiger partial charge in [0.25, 0.3) is 0 Å². The van der Waals surface area contributed by atoms with E-state index in [4.69, 9.17) is 15.4 Å². The van der Waals surface area contributed by atoms with Crippen LogP contribution in [0, 0.1) is 6.92 Å². The molecule has 0 saturated carbocycles. The Morgan fingerprint density at radius 3 is 2.03 bits per heavy atom. The number of halogens is 3. The first-order chi connectivity index (χ1) is 14.3. The fraction of sp³-hybridized carbons (Fsp3) is 0.250. The van der Waals surface area contributed by atoms with Gasteiger partial charge in [0.15, 0.2) is 5.69 Å². The Labute approximate surface area is 207 Å². The van der Waals surface area contributed by atoms with Gasteiger partial charge in [-0.05, 0) is 44.2 Å². The molecule has 1 atom stereocenters. The number of primary sulfonamides is 1. The summed E-state index contributed by atoms with van der Waals surface area (Å²) in [6.45, 7) is 3.26. The van der Waals surface area contributed by atoms with Crippen molar-refractivity contribution in [2.75, 3.05) is 6.61 Å². The average Bonchev–Trinajstić information content (AvgIpc) is 3.14. The summed E-state index contributed by atoms with van der Waals surface area (Å²) in [5, 5.41) is 24.7. The predicted molar refractivity (Wildman–Crippen MR) is 110 cm³/mol. The van der Waals surface area contributed by atoms with Gasteiger partial charge >= 0.3 is 35.7 Å². The Bertz CT molecular complexity index is 1120. The number of sulfonamides is 1. The number of aliphatic hydroxyl groups is 2. The molecule has 1 aromatic heterocycles. The average molecular weight is 481 g/mol. The standard InChI is InChI=1S/C17H14F3N3O2S.C3H8O2.Na.H/c1-11-2-4-12(5-3-11)15-10-16(17(18,19)20)22-23(15)13-6-8-14(9-7-13)26(21,24)25;1-3(5)2-4;;/h2-10H,1H3,(H2,21,24,25);3-5H,2H2,1H3;;/q;;+1;-1. The van der Waals surface area contributed by atoms with Crippen molar-refractivity contribution in [1.29, 1.82) is 0 Å². The minimum atomic E-state index is -4.61. The molecule has 1 unspecified atom stereocenters. The molecular formula is C20H23F3N3NaO4S. The molecule has 0 bridgehead atoms. The number of hydrogen-bond acceptors (Lipinski definition) is 5. The first-order valence-corrected chi connectivity index (χ1v) is 10.5. The fourth-order valence-electron chi connectivity index (χ4n) is 2.42. The molecule has 4 N–H and O–H groups in total. The second-order valence-electron chi connectivity index (χ2n) is 6.76. The summed E-state index contributed by atoms with van der Waals surface area (Å²) in [5.41, 5.74) is 0.996. The van der Waals surface area contributed by atoms with Crippen molar-refractivity contribution in [2.24, 2.45) is 5.14 Å². The largest absolute Gasteiger partial charge is 1.00 e. The maximum Gasteiger partial charge on any atom is 1.00 e. The third kappa shape index (κ3) is 7.69. The van der Waals surface area contributed by atoms with Crippen molar-refractivity contribution < 1.29 is 62.8 Å². The van der Waals surface area contributed by atoms with Crippen LogP contribution in [0.4, 0.5) is 13.2 Å². The van der Waals surface area contributed by atoms with Gasteiger partial charge in [0.05, 0.1) is 29.0 Å². The van der Waals surface area contributed by atoms with Crippen LogP contribution in [0.5, 0.6) is 0 Å². The fourth-order valence-corrected chi connectivity index (χ4v) is 2.94. The van der Waals surface area contributed by atoms with Crippen LogP contribution in [0.25, 0.3) is 16.9 Å². The van der Waals surface area contributed by atoms with E-state index < -0.39 is 28.0 Å². The second-order valence-corrected chi connectivity index (χ2v) is 8.32. The molecule has 0 amide bonds. The first-order valence-electron chi connectivity index (χ1n) is 8.99. The smallest absolute Gasteiger partial charge is 1.00 e. The number of aryl methyl sites for hydroxylation is 1. The Morgan fingerprint density at radius 1 is 1.12 bits per heavy atom. The van der Waals surface area contributed by atoms with Crippen molar-refractivity contribution in [3.63, 3.8) is 0 Å². The number of nitrogens with zero attached hydrogens (tertiary/aromatic N) is 2. The monoisotopic (exact) mass is 481 g/mol. The number of nitrogens with two attached hydrogens (primary N) is 1. The molecule has 2 aromatic carbocycles. The Hall–Kier alpha value is -1.73. The van der Waals surface area contributed by atoms with Crippen molar-refractivity contribution in [1.82, 2.24) is 9.78 Å². The summed E-state index contributed by atoms with van der Waals surface area (Å²) >= 11 is 0. The molecule has 32 heavy (non-hydrogen) atoms. The molecule has 0 saturated heterocycles. The molecule has 0 fully saturated rings. The number of aliphatic hydroxyl groups excluding tert-OH is 2. The van der Waals surface area contributed by atoms with Crippen LogP contribution in [-0.4, -0.2) is 41.1 Å². The van der Waals surface area contributed by atoms with Gasteiger partial charge in [0.1, 0.15) is 0 Å². The van der Waals surface area contributed by atoms with E-state index in [0.717, 1.165) is 16.3 Å². The van der Waals surface area contributed by atoms with Crippen LogP contribution in [0.1, 0.15) is 19.6 Å². The van der Waals surface area contributed by atoms with E-state index in [1.165, 1.54) is 31.2 Å². The van der Waals surface area contributed by atoms with E-state index in [9.17, 15) is 21.6 Å². The van der Waals surface area contributed by atoms with Gasteiger partial charge in [-0.25, -0.2) is 18.2 Å². The number of hydrogen-bond donors (Lipinski definition) is 3. The van der Waals surface area contributed by atoms with Gasteiger partial charge < -0.3 is 11.6 Å². The third-order valence-electron chi connectivity index (χ3n) is 4.02. The molecule has 0 aliphatic carbocycles. The summed E-state index contributed by atoms with van der Waals surface area (Å²) in [4.78, 5) is -0.138. The minimum absolute atomic E-state index is 0. The normalized spacial score (nSPS) is 12.4. The van der Waals surface area contributed by atoms with Gasteiger partial charge in [-0.15, -0.1) is 0 Å². The molecule has 0 aliphatic rings. The quantitative estimate of drug-likeness (QED) is 0.453. The van der Waals surface area contributed by atoms with Gasteiger partial charge in [0, 0.05) is 5.56 Å². The van der Waals surface area contributed by atoms with E-state index in [1.807, 2.05) is 6.92 Å². The summed E-state index contributed by atoms with van der Waals surface area (Å²) in [5.74, 6) is 0. The van der Waals surface area contributed by atoms with Crippen molar-refractivity contribution in [3.05, 3.63) is 65.9 Å². The van der Waals surface area contributed by atoms with Crippen molar-refractivity contribution in [2.45, 2.75) is 31.0 Å². The predicted octanol–water partition coefficient (Wildman–Crippen LogP) is -0.0101. The third-order valence-corrected chi connectivity index (χ3v) is 4.95. The number of alkyl halides is 3. The Balaban J connectivity index is 0.00000133. The molecule has 3 aromatic rings. The van der Waals surface area contributed by atoms with E-state index in [1.54, 1.807) is 24.3 Å². The van der Waals surface area contributed by atoms with E-state index in [-0.39, 0.29) is 53.9 Å². The molecule has 7 nitrogen and oxygen atoms in total. The molecule has 3 rings (SSSR count). The van der Waals surface area contributed by atoms with Crippen LogP contribution < -0.4 is 34.7 Å². The SMILES string of the molecule is CC(O)CO.Cc1ccc(-c2cc(C(F)(F)F)nn2-c2ccc(S(N)(=O)=O)cc2)cc1.[H-].[Na+]. The van der Waals surface area contributed by atoms with Gasteiger partial charge in [-0.2, -0.15) is 18.3 Å². The molecule has 0 radical (unpaired) electrons. The van der Waals surface area contributed by atoms with Crippen LogP contribution in [0.3, 0.4) is 0 Å². The number of aromatic nitrogens is 2. The van der Waals surface area contributed by atoms with E-state index >= 15 is 0 Å². The molecule has 12 heteroatoms. The van der Waals surface area contributed by atoms with Crippen LogP contribution in [0.2, 0.25) is 0 Å². The summed E-state index contributed by atoms with van der Waals surface area (Å²) in [7, 11) is -3.90. The van der Waals surface area contributed by atoms with E-state index in [2.05, 4.69) is 5.10 Å². The molecule has 0 aliphatic heterocycles. The minimum Gasteiger partial charge on any atom is -1.00 e. The van der Waals surface area contributed by atoms with Gasteiger partial charge in [-0.3, -0.25) is 0 Å². The van der Waals surface area contributed by atoms with Crippen molar-refractivity contribution in [3.8, 4) is 16.9 Å². The zero-order valence-corrected chi connectivity index (χ0v) is 20.5. The van der Waals surface area contributed by atoms with Gasteiger partial charge in [-0.1, -0.05) is 29.8 Å². The zero-order chi connectivity index (χ0) is 23.4. The number of rotatable bonds is 4. The van der Waals surface area contributed by atoms with Gasteiger partial charge in [0.2, 0.25) is 10.0 Å². The topological polar surface area (TPSA) is 118 Å². The Morgan fingerprint density at radius 2 is 1.62 bits per heavy atom. The maximum atomic E-state index is 13.1. The maximum absolute atomic E-state index is 13.1. The summed E-state index contributed by atoms with van der Waals surface area (Å²) in [6.07, 6.45) is -5.17. The van der Waals surface area contributed by atoms with Crippen LogP contribution in [-0.2, 0) is 16.2 Å². The van der Waals surface area contributed by atoms with Crippen LogP contribution >= 0.6 is 0 Å². The summed E-state index contributed by atoms with van der Waals surface area (Å²) < 4.78 is 63.2. The molecular weight excluding hydrogens is 458 g/mol. The molecule has 170 valence electrons. The second kappa shape index (κ2) is 11.4. The Kier molecular flexibility index (Phi) is 10.1. The van der Waals surface area contributed by atoms with E-state index in [0.29, 0.717) is 5.56 Å². The summed E-state index contributed by atoms with van der Waals surface area (Å²) in [6, 6.07) is 13.1. The molecule has 0 spiro atoms. The van der Waals surface area contributed by atoms with Crippen molar-refractivity contribution >= 4 is 10.0 Å².